The summed E-state index contributed by atoms with van der Waals surface area (Å²) in [7, 11) is 0. The van der Waals surface area contributed by atoms with E-state index in [9.17, 15) is 14.4 Å². The molecule has 0 saturated heterocycles. The van der Waals surface area contributed by atoms with Gasteiger partial charge in [0.05, 0.1) is 11.1 Å². The molecule has 1 aliphatic carbocycles. The molecule has 0 saturated carbocycles. The average Bonchev–Trinajstić information content (AvgIpc) is 3.12. The largest absolute Gasteiger partial charge is 0.452 e. The lowest BCUT2D eigenvalue weighted by Crippen LogP contribution is -2.22. The topological polar surface area (TPSA) is 111 Å². The van der Waals surface area contributed by atoms with E-state index in [2.05, 4.69) is 10.3 Å². The van der Waals surface area contributed by atoms with E-state index in [1.807, 2.05) is 0 Å². The summed E-state index contributed by atoms with van der Waals surface area (Å²) in [5.74, 6) is -1.81. The smallest absolute Gasteiger partial charge is 0.338 e. The second-order valence-electron chi connectivity index (χ2n) is 5.42. The number of amides is 2. The lowest BCUT2D eigenvalue weighted by Gasteiger charge is -2.07. The van der Waals surface area contributed by atoms with Crippen molar-refractivity contribution in [2.45, 2.75) is 19.3 Å². The van der Waals surface area contributed by atoms with Crippen LogP contribution in [-0.2, 0) is 22.4 Å². The molecule has 130 valence electrons. The number of primary amides is 1. The fourth-order valence-electron chi connectivity index (χ4n) is 2.66. The van der Waals surface area contributed by atoms with Crippen molar-refractivity contribution >= 4 is 45.7 Å². The summed E-state index contributed by atoms with van der Waals surface area (Å²) in [4.78, 5) is 40.4. The zero-order chi connectivity index (χ0) is 18.0. The van der Waals surface area contributed by atoms with Crippen LogP contribution in [0.5, 0.6) is 0 Å². The first-order chi connectivity index (χ1) is 12.0. The molecular weight excluding hydrogens is 366 g/mol. The number of anilines is 1. The molecule has 0 radical (unpaired) electrons. The highest BCUT2D eigenvalue weighted by atomic mass is 35.5. The van der Waals surface area contributed by atoms with Crippen LogP contribution in [0.4, 0.5) is 5.00 Å². The van der Waals surface area contributed by atoms with Crippen LogP contribution in [0.15, 0.2) is 18.3 Å². The molecule has 1 aliphatic rings. The fourth-order valence-corrected chi connectivity index (χ4v) is 4.14. The molecule has 0 aliphatic heterocycles. The van der Waals surface area contributed by atoms with Crippen molar-refractivity contribution in [1.29, 1.82) is 0 Å². The quantitative estimate of drug-likeness (QED) is 0.611. The number of nitrogens with one attached hydrogen (secondary N) is 1. The molecule has 2 aromatic rings. The molecule has 3 rings (SSSR count). The van der Waals surface area contributed by atoms with Crippen molar-refractivity contribution in [3.05, 3.63) is 45.1 Å². The number of esters is 1. The fraction of sp³-hybridized carbons (Fsp3) is 0.250. The minimum Gasteiger partial charge on any atom is -0.452 e. The van der Waals surface area contributed by atoms with Gasteiger partial charge in [0.25, 0.3) is 11.8 Å². The van der Waals surface area contributed by atoms with Gasteiger partial charge in [0, 0.05) is 11.1 Å². The Morgan fingerprint density at radius 3 is 2.88 bits per heavy atom. The summed E-state index contributed by atoms with van der Waals surface area (Å²) >= 11 is 7.04. The van der Waals surface area contributed by atoms with E-state index in [4.69, 9.17) is 22.1 Å². The Labute approximate surface area is 152 Å². The van der Waals surface area contributed by atoms with Crippen molar-refractivity contribution in [3.8, 4) is 0 Å². The summed E-state index contributed by atoms with van der Waals surface area (Å²) in [5.41, 5.74) is 6.90. The monoisotopic (exact) mass is 379 g/mol. The van der Waals surface area contributed by atoms with Crippen LogP contribution < -0.4 is 11.1 Å². The Kier molecular flexibility index (Phi) is 5.00. The van der Waals surface area contributed by atoms with Crippen LogP contribution in [0.3, 0.4) is 0 Å². The van der Waals surface area contributed by atoms with Crippen LogP contribution in [-0.4, -0.2) is 29.4 Å². The van der Waals surface area contributed by atoms with Gasteiger partial charge in [0.15, 0.2) is 6.61 Å². The first kappa shape index (κ1) is 17.4. The van der Waals surface area contributed by atoms with E-state index in [0.29, 0.717) is 10.6 Å². The Bertz CT molecular complexity index is 865. The van der Waals surface area contributed by atoms with Gasteiger partial charge in [-0.2, -0.15) is 0 Å². The SMILES string of the molecule is NC(=O)c1c(NC(=O)COC(=O)c2ccnc(Cl)c2)sc2c1CCC2. The molecule has 7 nitrogen and oxygen atoms in total. The van der Waals surface area contributed by atoms with Crippen molar-refractivity contribution in [2.75, 3.05) is 11.9 Å². The predicted molar refractivity (Wildman–Crippen MR) is 93.0 cm³/mol. The molecule has 0 aromatic carbocycles. The molecule has 9 heteroatoms. The number of carbonyl (C=O) groups is 3. The maximum atomic E-state index is 12.0. The van der Waals surface area contributed by atoms with Crippen LogP contribution in [0.2, 0.25) is 5.15 Å². The van der Waals surface area contributed by atoms with Gasteiger partial charge >= 0.3 is 5.97 Å². The minimum atomic E-state index is -0.691. The van der Waals surface area contributed by atoms with Crippen molar-refractivity contribution < 1.29 is 19.1 Å². The van der Waals surface area contributed by atoms with E-state index in [1.54, 1.807) is 0 Å². The first-order valence-electron chi connectivity index (χ1n) is 7.48. The standard InChI is InChI=1S/C16H14ClN3O4S/c17-11-6-8(4-5-19-11)16(23)24-7-12(21)20-15-13(14(18)22)9-2-1-3-10(9)25-15/h4-6H,1-3,7H2,(H2,18,22)(H,20,21). The van der Waals surface area contributed by atoms with E-state index < -0.39 is 24.4 Å². The molecule has 0 spiro atoms. The Hall–Kier alpha value is -2.45. The number of thiophene rings is 1. The molecule has 25 heavy (non-hydrogen) atoms. The van der Waals surface area contributed by atoms with Crippen molar-refractivity contribution in [3.63, 3.8) is 0 Å². The van der Waals surface area contributed by atoms with Crippen LogP contribution >= 0.6 is 22.9 Å². The molecular formula is C16H14ClN3O4S. The van der Waals surface area contributed by atoms with Gasteiger partial charge in [-0.3, -0.25) is 9.59 Å². The lowest BCUT2D eigenvalue weighted by atomic mass is 10.1. The number of rotatable bonds is 5. The number of hydrogen-bond acceptors (Lipinski definition) is 6. The number of nitrogens with zero attached hydrogens (tertiary/aromatic N) is 1. The van der Waals surface area contributed by atoms with E-state index in [-0.39, 0.29) is 10.7 Å². The molecule has 0 fully saturated rings. The highest BCUT2D eigenvalue weighted by molar-refractivity contribution is 7.17. The number of fused-ring (bicyclic) bond motifs is 1. The minimum absolute atomic E-state index is 0.151. The van der Waals surface area contributed by atoms with E-state index in [0.717, 1.165) is 29.7 Å². The third-order valence-corrected chi connectivity index (χ3v) is 5.13. The van der Waals surface area contributed by atoms with Crippen LogP contribution in [0.1, 0.15) is 37.6 Å². The Morgan fingerprint density at radius 2 is 2.16 bits per heavy atom. The number of ether oxygens (including phenoxy) is 1. The van der Waals surface area contributed by atoms with Crippen LogP contribution in [0, 0.1) is 0 Å². The third kappa shape index (κ3) is 3.80. The van der Waals surface area contributed by atoms with Gasteiger partial charge in [0.2, 0.25) is 0 Å². The number of halogens is 1. The number of carbonyl (C=O) groups excluding carboxylic acids is 3. The van der Waals surface area contributed by atoms with Crippen molar-refractivity contribution in [1.82, 2.24) is 4.98 Å². The van der Waals surface area contributed by atoms with Crippen LogP contribution in [0.25, 0.3) is 0 Å². The summed E-state index contributed by atoms with van der Waals surface area (Å²) in [6.07, 6.45) is 3.98. The molecule has 0 unspecified atom stereocenters. The molecule has 0 atom stereocenters. The Morgan fingerprint density at radius 1 is 1.36 bits per heavy atom. The molecule has 0 bridgehead atoms. The highest BCUT2D eigenvalue weighted by Crippen LogP contribution is 2.38. The Balaban J connectivity index is 1.64. The van der Waals surface area contributed by atoms with Gasteiger partial charge in [-0.15, -0.1) is 11.3 Å². The second-order valence-corrected chi connectivity index (χ2v) is 6.91. The van der Waals surface area contributed by atoms with Gasteiger partial charge < -0.3 is 15.8 Å². The maximum absolute atomic E-state index is 12.0. The van der Waals surface area contributed by atoms with E-state index >= 15 is 0 Å². The molecule has 2 amide bonds. The van der Waals surface area contributed by atoms with Gasteiger partial charge in [-0.25, -0.2) is 9.78 Å². The zero-order valence-corrected chi connectivity index (χ0v) is 14.6. The van der Waals surface area contributed by atoms with E-state index in [1.165, 1.54) is 29.7 Å². The first-order valence-corrected chi connectivity index (χ1v) is 8.68. The second kappa shape index (κ2) is 7.20. The average molecular weight is 380 g/mol. The maximum Gasteiger partial charge on any atom is 0.338 e. The van der Waals surface area contributed by atoms with Crippen molar-refractivity contribution in [2.24, 2.45) is 5.73 Å². The van der Waals surface area contributed by atoms with Gasteiger partial charge in [-0.1, -0.05) is 11.6 Å². The number of hydrogen-bond donors (Lipinski definition) is 2. The summed E-state index contributed by atoms with van der Waals surface area (Å²) < 4.78 is 4.95. The third-order valence-electron chi connectivity index (χ3n) is 3.72. The lowest BCUT2D eigenvalue weighted by molar-refractivity contribution is -0.119. The highest BCUT2D eigenvalue weighted by Gasteiger charge is 2.26. The summed E-state index contributed by atoms with van der Waals surface area (Å²) in [6.45, 7) is -0.487. The van der Waals surface area contributed by atoms with Gasteiger partial charge in [0.1, 0.15) is 10.2 Å². The number of aryl methyl sites for hydroxylation is 1. The number of aromatic nitrogens is 1. The normalized spacial score (nSPS) is 12.5. The molecule has 2 heterocycles. The zero-order valence-electron chi connectivity index (χ0n) is 13.0. The summed E-state index contributed by atoms with van der Waals surface area (Å²) in [6, 6.07) is 2.78. The molecule has 2 aromatic heterocycles. The number of nitrogens with two attached hydrogens (primary N) is 1. The molecule has 3 N–H and O–H groups in total. The summed E-state index contributed by atoms with van der Waals surface area (Å²) in [5, 5.41) is 3.16. The number of pyridine rings is 1. The van der Waals surface area contributed by atoms with Gasteiger partial charge in [-0.05, 0) is 37.0 Å². The predicted octanol–water partition coefficient (Wildman–Crippen LogP) is 2.18.